The zero-order chi connectivity index (χ0) is 20.5. The number of hydrogen-bond donors (Lipinski definition) is 0. The van der Waals surface area contributed by atoms with Crippen LogP contribution in [0.5, 0.6) is 0 Å². The Bertz CT molecular complexity index is 768. The van der Waals surface area contributed by atoms with Gasteiger partial charge in [-0.25, -0.2) is 4.39 Å². The van der Waals surface area contributed by atoms with Gasteiger partial charge in [-0.3, -0.25) is 9.78 Å². The van der Waals surface area contributed by atoms with Crippen LogP contribution in [-0.4, -0.2) is 53.4 Å². The summed E-state index contributed by atoms with van der Waals surface area (Å²) in [6, 6.07) is 12.7. The van der Waals surface area contributed by atoms with Gasteiger partial charge in [0.05, 0.1) is 0 Å². The van der Waals surface area contributed by atoms with E-state index < -0.39 is 0 Å². The Kier molecular flexibility index (Phi) is 8.17. The Balaban J connectivity index is 1.45. The number of pyridine rings is 1. The van der Waals surface area contributed by atoms with Crippen molar-refractivity contribution < 1.29 is 9.18 Å². The normalized spacial score (nSPS) is 17.2. The van der Waals surface area contributed by atoms with Gasteiger partial charge in [-0.1, -0.05) is 18.2 Å². The van der Waals surface area contributed by atoms with Crippen molar-refractivity contribution in [1.29, 1.82) is 0 Å². The maximum Gasteiger partial charge on any atom is 0.222 e. The van der Waals surface area contributed by atoms with Crippen LogP contribution in [0.15, 0.2) is 48.7 Å². The summed E-state index contributed by atoms with van der Waals surface area (Å²) in [4.78, 5) is 21.5. The molecule has 0 N–H and O–H groups in total. The highest BCUT2D eigenvalue weighted by molar-refractivity contribution is 5.76. The molecule has 0 radical (unpaired) electrons. The van der Waals surface area contributed by atoms with Crippen molar-refractivity contribution in [2.75, 3.05) is 32.7 Å². The second-order valence-corrected chi connectivity index (χ2v) is 7.94. The van der Waals surface area contributed by atoms with Crippen LogP contribution in [0.4, 0.5) is 4.39 Å². The van der Waals surface area contributed by atoms with Crippen LogP contribution in [0.1, 0.15) is 37.4 Å². The molecule has 3 rings (SSSR count). The molecule has 1 atom stereocenters. The topological polar surface area (TPSA) is 36.4 Å². The van der Waals surface area contributed by atoms with E-state index in [1.807, 2.05) is 29.2 Å². The SMILES string of the molecule is CCN(CC1CCCN(CCc2cccc(F)c2)C1)C(=O)CCc1ccccn1. The molecule has 29 heavy (non-hydrogen) atoms. The van der Waals surface area contributed by atoms with Crippen molar-refractivity contribution in [3.8, 4) is 0 Å². The lowest BCUT2D eigenvalue weighted by molar-refractivity contribution is -0.131. The fourth-order valence-electron chi connectivity index (χ4n) is 4.14. The number of likely N-dealkylation sites (tertiary alicyclic amines) is 1. The predicted molar refractivity (Wildman–Crippen MR) is 114 cm³/mol. The van der Waals surface area contributed by atoms with Crippen LogP contribution in [0.3, 0.4) is 0 Å². The first-order valence-corrected chi connectivity index (χ1v) is 10.8. The first kappa shape index (κ1) is 21.4. The number of piperidine rings is 1. The van der Waals surface area contributed by atoms with Gasteiger partial charge in [0.1, 0.15) is 5.82 Å². The molecule has 0 saturated carbocycles. The van der Waals surface area contributed by atoms with Crippen molar-refractivity contribution in [2.45, 2.75) is 39.0 Å². The van der Waals surface area contributed by atoms with E-state index >= 15 is 0 Å². The molecule has 1 aromatic heterocycles. The number of aromatic nitrogens is 1. The molecule has 0 spiro atoms. The lowest BCUT2D eigenvalue weighted by Crippen LogP contribution is -2.43. The largest absolute Gasteiger partial charge is 0.343 e. The molecule has 5 heteroatoms. The van der Waals surface area contributed by atoms with Crippen molar-refractivity contribution in [3.63, 3.8) is 0 Å². The summed E-state index contributed by atoms with van der Waals surface area (Å²) >= 11 is 0. The molecular weight excluding hydrogens is 365 g/mol. The number of benzene rings is 1. The molecule has 1 amide bonds. The van der Waals surface area contributed by atoms with Crippen LogP contribution in [0, 0.1) is 11.7 Å². The summed E-state index contributed by atoms with van der Waals surface area (Å²) in [5.41, 5.74) is 2.02. The molecule has 2 aromatic rings. The second kappa shape index (κ2) is 11.1. The minimum absolute atomic E-state index is 0.165. The van der Waals surface area contributed by atoms with Crippen LogP contribution >= 0.6 is 0 Å². The minimum Gasteiger partial charge on any atom is -0.343 e. The van der Waals surface area contributed by atoms with Gasteiger partial charge < -0.3 is 9.80 Å². The fourth-order valence-corrected chi connectivity index (χ4v) is 4.14. The standard InChI is InChI=1S/C24H32FN3O/c1-2-28(24(29)12-11-23-10-3-4-14-26-23)19-21-8-6-15-27(18-21)16-13-20-7-5-9-22(25)17-20/h3-5,7,9-10,14,17,21H,2,6,8,11-13,15-16,18-19H2,1H3. The average Bonchev–Trinajstić information content (AvgIpc) is 2.75. The summed E-state index contributed by atoms with van der Waals surface area (Å²) < 4.78 is 13.4. The lowest BCUT2D eigenvalue weighted by Gasteiger charge is -2.35. The number of aryl methyl sites for hydroxylation is 1. The quantitative estimate of drug-likeness (QED) is 0.643. The molecule has 1 saturated heterocycles. The van der Waals surface area contributed by atoms with E-state index in [1.165, 1.54) is 12.5 Å². The smallest absolute Gasteiger partial charge is 0.222 e. The molecule has 1 aliphatic rings. The monoisotopic (exact) mass is 397 g/mol. The lowest BCUT2D eigenvalue weighted by atomic mass is 9.96. The molecule has 1 fully saturated rings. The van der Waals surface area contributed by atoms with Crippen molar-refractivity contribution in [3.05, 3.63) is 65.7 Å². The van der Waals surface area contributed by atoms with Gasteiger partial charge in [0.15, 0.2) is 0 Å². The fraction of sp³-hybridized carbons (Fsp3) is 0.500. The zero-order valence-corrected chi connectivity index (χ0v) is 17.4. The van der Waals surface area contributed by atoms with Crippen molar-refractivity contribution in [1.82, 2.24) is 14.8 Å². The van der Waals surface area contributed by atoms with E-state index in [0.717, 1.165) is 56.8 Å². The second-order valence-electron chi connectivity index (χ2n) is 7.94. The van der Waals surface area contributed by atoms with Gasteiger partial charge in [0, 0.05) is 44.5 Å². The highest BCUT2D eigenvalue weighted by Crippen LogP contribution is 2.19. The number of hydrogen-bond acceptors (Lipinski definition) is 3. The van der Waals surface area contributed by atoms with E-state index in [2.05, 4.69) is 16.8 Å². The third-order valence-corrected chi connectivity index (χ3v) is 5.74. The van der Waals surface area contributed by atoms with Gasteiger partial charge in [-0.2, -0.15) is 0 Å². The van der Waals surface area contributed by atoms with E-state index in [0.29, 0.717) is 18.8 Å². The highest BCUT2D eigenvalue weighted by atomic mass is 19.1. The number of carbonyl (C=O) groups is 1. The Morgan fingerprint density at radius 1 is 1.24 bits per heavy atom. The van der Waals surface area contributed by atoms with Crippen molar-refractivity contribution in [2.24, 2.45) is 5.92 Å². The molecule has 1 unspecified atom stereocenters. The maximum atomic E-state index is 13.4. The molecular formula is C24H32FN3O. The Hall–Kier alpha value is -2.27. The number of rotatable bonds is 9. The summed E-state index contributed by atoms with van der Waals surface area (Å²) in [5, 5.41) is 0. The number of amides is 1. The maximum absolute atomic E-state index is 13.4. The van der Waals surface area contributed by atoms with Crippen molar-refractivity contribution >= 4 is 5.91 Å². The zero-order valence-electron chi connectivity index (χ0n) is 17.4. The summed E-state index contributed by atoms with van der Waals surface area (Å²) in [6.45, 7) is 6.68. The summed E-state index contributed by atoms with van der Waals surface area (Å²) in [7, 11) is 0. The van der Waals surface area contributed by atoms with E-state index in [-0.39, 0.29) is 11.7 Å². The Morgan fingerprint density at radius 2 is 2.14 bits per heavy atom. The average molecular weight is 398 g/mol. The molecule has 156 valence electrons. The molecule has 4 nitrogen and oxygen atoms in total. The number of nitrogens with zero attached hydrogens (tertiary/aromatic N) is 3. The molecule has 2 heterocycles. The minimum atomic E-state index is -0.165. The third-order valence-electron chi connectivity index (χ3n) is 5.74. The highest BCUT2D eigenvalue weighted by Gasteiger charge is 2.23. The number of carbonyl (C=O) groups excluding carboxylic acids is 1. The molecule has 0 aliphatic carbocycles. The van der Waals surface area contributed by atoms with Crippen LogP contribution in [-0.2, 0) is 17.6 Å². The van der Waals surface area contributed by atoms with Gasteiger partial charge >= 0.3 is 0 Å². The van der Waals surface area contributed by atoms with E-state index in [1.54, 1.807) is 18.3 Å². The van der Waals surface area contributed by atoms with Crippen LogP contribution in [0.25, 0.3) is 0 Å². The van der Waals surface area contributed by atoms with Crippen LogP contribution in [0.2, 0.25) is 0 Å². The Labute approximate surface area is 173 Å². The van der Waals surface area contributed by atoms with Gasteiger partial charge in [-0.15, -0.1) is 0 Å². The summed E-state index contributed by atoms with van der Waals surface area (Å²) in [5.74, 6) is 0.562. The molecule has 1 aromatic carbocycles. The van der Waals surface area contributed by atoms with Gasteiger partial charge in [0.25, 0.3) is 0 Å². The summed E-state index contributed by atoms with van der Waals surface area (Å²) in [6.07, 6.45) is 6.18. The predicted octanol–water partition coefficient (Wildman–Crippen LogP) is 3.96. The molecule has 0 bridgehead atoms. The van der Waals surface area contributed by atoms with Gasteiger partial charge in [-0.05, 0) is 74.9 Å². The number of halogens is 1. The first-order chi connectivity index (χ1) is 14.1. The van der Waals surface area contributed by atoms with E-state index in [4.69, 9.17) is 0 Å². The Morgan fingerprint density at radius 3 is 2.90 bits per heavy atom. The van der Waals surface area contributed by atoms with Crippen LogP contribution < -0.4 is 0 Å². The van der Waals surface area contributed by atoms with E-state index in [9.17, 15) is 9.18 Å². The first-order valence-electron chi connectivity index (χ1n) is 10.8. The molecule has 1 aliphatic heterocycles. The third kappa shape index (κ3) is 6.93. The van der Waals surface area contributed by atoms with Gasteiger partial charge in [0.2, 0.25) is 5.91 Å².